The van der Waals surface area contributed by atoms with Gasteiger partial charge in [-0.1, -0.05) is 0 Å². The van der Waals surface area contributed by atoms with E-state index >= 15 is 0 Å². The molecule has 0 amide bonds. The predicted molar refractivity (Wildman–Crippen MR) is 74.8 cm³/mol. The summed E-state index contributed by atoms with van der Waals surface area (Å²) in [7, 11) is 0. The second-order valence-corrected chi connectivity index (χ2v) is 5.48. The van der Waals surface area contributed by atoms with E-state index in [9.17, 15) is 18.0 Å². The topological polar surface area (TPSA) is 22.0 Å². The van der Waals surface area contributed by atoms with Crippen LogP contribution in [0.2, 0.25) is 0 Å². The van der Waals surface area contributed by atoms with Crippen molar-refractivity contribution in [1.29, 1.82) is 0 Å². The summed E-state index contributed by atoms with van der Waals surface area (Å²) in [4.78, 5) is 12.0. The van der Waals surface area contributed by atoms with Crippen LogP contribution in [0.3, 0.4) is 0 Å². The van der Waals surface area contributed by atoms with E-state index in [0.29, 0.717) is 17.0 Å². The number of ketones is 1. The molecule has 0 aliphatic carbocycles. The number of rotatable bonds is 3. The van der Waals surface area contributed by atoms with Crippen LogP contribution in [0, 0.1) is 31.3 Å². The van der Waals surface area contributed by atoms with Crippen molar-refractivity contribution < 1.29 is 18.0 Å². The van der Waals surface area contributed by atoms with Crippen LogP contribution in [0.4, 0.5) is 13.2 Å². The Morgan fingerprint density at radius 1 is 1.14 bits per heavy atom. The number of halogens is 4. The number of carbonyl (C=O) groups is 1. The maximum Gasteiger partial charge on any atom is 0.194 e. The van der Waals surface area contributed by atoms with Crippen LogP contribution in [0.1, 0.15) is 28.7 Å². The molecule has 2 rings (SSSR count). The molecular weight excluding hydrogens is 303 g/mol. The third-order valence-electron chi connectivity index (χ3n) is 3.28. The third-order valence-corrected chi connectivity index (χ3v) is 3.48. The number of aromatic nitrogens is 1. The molecule has 0 saturated carbocycles. The van der Waals surface area contributed by atoms with Gasteiger partial charge in [0, 0.05) is 29.1 Å². The van der Waals surface area contributed by atoms with Gasteiger partial charge in [0.1, 0.15) is 0 Å². The Hall–Kier alpha value is -1.75. The number of hydrogen-bond acceptors (Lipinski definition) is 1. The van der Waals surface area contributed by atoms with Gasteiger partial charge in [-0.15, -0.1) is 11.6 Å². The van der Waals surface area contributed by atoms with Gasteiger partial charge in [0.2, 0.25) is 0 Å². The molecule has 2 aromatic rings. The Kier molecular flexibility index (Phi) is 4.14. The van der Waals surface area contributed by atoms with Crippen molar-refractivity contribution in [2.24, 2.45) is 0 Å². The zero-order valence-electron chi connectivity index (χ0n) is 11.7. The van der Waals surface area contributed by atoms with Crippen LogP contribution in [0.25, 0.3) is 5.69 Å². The summed E-state index contributed by atoms with van der Waals surface area (Å²) in [5, 5.41) is -0.708. The van der Waals surface area contributed by atoms with Crippen molar-refractivity contribution in [2.75, 3.05) is 0 Å². The van der Waals surface area contributed by atoms with Crippen molar-refractivity contribution in [3.8, 4) is 5.69 Å². The SMILES string of the molecule is Cc1cc(C(=O)C(C)Cl)c(C)n1-c1cc(F)c(F)c(F)c1. The van der Waals surface area contributed by atoms with Gasteiger partial charge in [0.15, 0.2) is 23.2 Å². The second-order valence-electron chi connectivity index (χ2n) is 4.82. The monoisotopic (exact) mass is 315 g/mol. The van der Waals surface area contributed by atoms with Crippen LogP contribution in [0.15, 0.2) is 18.2 Å². The average Bonchev–Trinajstić information content (AvgIpc) is 2.69. The second kappa shape index (κ2) is 5.56. The lowest BCUT2D eigenvalue weighted by Gasteiger charge is -2.11. The summed E-state index contributed by atoms with van der Waals surface area (Å²) in [5.74, 6) is -4.36. The first kappa shape index (κ1) is 15.6. The number of hydrogen-bond donors (Lipinski definition) is 0. The molecular formula is C15H13ClF3NO. The fourth-order valence-corrected chi connectivity index (χ4v) is 2.41. The van der Waals surface area contributed by atoms with Gasteiger partial charge in [0.05, 0.1) is 11.1 Å². The highest BCUT2D eigenvalue weighted by Gasteiger charge is 2.21. The molecule has 1 heterocycles. The highest BCUT2D eigenvalue weighted by Crippen LogP contribution is 2.25. The normalized spacial score (nSPS) is 12.5. The van der Waals surface area contributed by atoms with Crippen LogP contribution >= 0.6 is 11.6 Å². The van der Waals surface area contributed by atoms with Crippen LogP contribution in [-0.4, -0.2) is 15.7 Å². The zero-order chi connectivity index (χ0) is 15.9. The van der Waals surface area contributed by atoms with Crippen molar-refractivity contribution in [3.05, 3.63) is 52.6 Å². The molecule has 6 heteroatoms. The standard InChI is InChI=1S/C15H13ClF3NO/c1-7-4-11(15(21)8(2)16)9(3)20(7)10-5-12(17)14(19)13(18)6-10/h4-6,8H,1-3H3. The predicted octanol–water partition coefficient (Wildman–Crippen LogP) is 4.32. The number of Topliss-reactive ketones (excluding diaryl/α,β-unsaturated/α-hetero) is 1. The molecule has 0 aliphatic heterocycles. The van der Waals surface area contributed by atoms with E-state index < -0.39 is 22.8 Å². The average molecular weight is 316 g/mol. The van der Waals surface area contributed by atoms with Gasteiger partial charge >= 0.3 is 0 Å². The minimum atomic E-state index is -1.52. The molecule has 112 valence electrons. The molecule has 1 unspecified atom stereocenters. The first-order chi connectivity index (χ1) is 9.73. The lowest BCUT2D eigenvalue weighted by atomic mass is 10.1. The lowest BCUT2D eigenvalue weighted by molar-refractivity contribution is 0.0991. The Morgan fingerprint density at radius 2 is 1.67 bits per heavy atom. The first-order valence-electron chi connectivity index (χ1n) is 6.26. The zero-order valence-corrected chi connectivity index (χ0v) is 12.4. The van der Waals surface area contributed by atoms with Crippen LogP contribution < -0.4 is 0 Å². The largest absolute Gasteiger partial charge is 0.318 e. The maximum atomic E-state index is 13.4. The number of alkyl halides is 1. The molecule has 1 aromatic heterocycles. The highest BCUT2D eigenvalue weighted by molar-refractivity contribution is 6.33. The third kappa shape index (κ3) is 2.70. The summed E-state index contributed by atoms with van der Waals surface area (Å²) >= 11 is 5.79. The van der Waals surface area contributed by atoms with Crippen LogP contribution in [0.5, 0.6) is 0 Å². The van der Waals surface area contributed by atoms with Gasteiger partial charge in [0.25, 0.3) is 0 Å². The van der Waals surface area contributed by atoms with E-state index in [4.69, 9.17) is 11.6 Å². The molecule has 1 aromatic carbocycles. The number of aryl methyl sites for hydroxylation is 1. The Balaban J connectivity index is 2.63. The molecule has 0 spiro atoms. The first-order valence-corrected chi connectivity index (χ1v) is 6.69. The fourth-order valence-electron chi connectivity index (χ4n) is 2.30. The number of carbonyl (C=O) groups excluding carboxylic acids is 1. The van der Waals surface area contributed by atoms with E-state index in [1.165, 1.54) is 4.57 Å². The van der Waals surface area contributed by atoms with Crippen LogP contribution in [-0.2, 0) is 0 Å². The molecule has 0 radical (unpaired) electrons. The fraction of sp³-hybridized carbons (Fsp3) is 0.267. The summed E-state index contributed by atoms with van der Waals surface area (Å²) in [6.07, 6.45) is 0. The maximum absolute atomic E-state index is 13.4. The molecule has 0 bridgehead atoms. The smallest absolute Gasteiger partial charge is 0.194 e. The number of nitrogens with zero attached hydrogens (tertiary/aromatic N) is 1. The Morgan fingerprint density at radius 3 is 2.14 bits per heavy atom. The Bertz CT molecular complexity index is 699. The molecule has 0 aliphatic rings. The molecule has 0 saturated heterocycles. The molecule has 2 nitrogen and oxygen atoms in total. The van der Waals surface area contributed by atoms with Crippen molar-refractivity contribution in [1.82, 2.24) is 4.57 Å². The lowest BCUT2D eigenvalue weighted by Crippen LogP contribution is -2.12. The van der Waals surface area contributed by atoms with E-state index in [-0.39, 0.29) is 11.5 Å². The molecule has 0 fully saturated rings. The summed E-state index contributed by atoms with van der Waals surface area (Å²) in [5.41, 5.74) is 1.58. The van der Waals surface area contributed by atoms with E-state index in [0.717, 1.165) is 12.1 Å². The van der Waals surface area contributed by atoms with E-state index in [1.54, 1.807) is 26.8 Å². The van der Waals surface area contributed by atoms with Crippen molar-refractivity contribution >= 4 is 17.4 Å². The van der Waals surface area contributed by atoms with Gasteiger partial charge in [-0.2, -0.15) is 0 Å². The summed E-state index contributed by atoms with van der Waals surface area (Å²) in [6.45, 7) is 4.87. The van der Waals surface area contributed by atoms with E-state index in [1.807, 2.05) is 0 Å². The highest BCUT2D eigenvalue weighted by atomic mass is 35.5. The van der Waals surface area contributed by atoms with Gasteiger partial charge in [-0.05, 0) is 26.8 Å². The van der Waals surface area contributed by atoms with Gasteiger partial charge in [-0.25, -0.2) is 13.2 Å². The minimum Gasteiger partial charge on any atom is -0.318 e. The quantitative estimate of drug-likeness (QED) is 0.469. The summed E-state index contributed by atoms with van der Waals surface area (Å²) in [6, 6.07) is 3.36. The molecule has 21 heavy (non-hydrogen) atoms. The van der Waals surface area contributed by atoms with E-state index in [2.05, 4.69) is 0 Å². The Labute approximate surface area is 125 Å². The minimum absolute atomic E-state index is 0.114. The number of benzene rings is 1. The summed E-state index contributed by atoms with van der Waals surface area (Å²) < 4.78 is 41.3. The van der Waals surface area contributed by atoms with Crippen molar-refractivity contribution in [3.63, 3.8) is 0 Å². The van der Waals surface area contributed by atoms with Gasteiger partial charge in [-0.3, -0.25) is 4.79 Å². The molecule has 1 atom stereocenters. The van der Waals surface area contributed by atoms with Crippen molar-refractivity contribution in [2.45, 2.75) is 26.1 Å². The molecule has 0 N–H and O–H groups in total. The van der Waals surface area contributed by atoms with Gasteiger partial charge < -0.3 is 4.57 Å².